The number of ether oxygens (including phenoxy) is 2. The van der Waals surface area contributed by atoms with Gasteiger partial charge >= 0.3 is 17.7 Å². The van der Waals surface area contributed by atoms with E-state index in [1.807, 2.05) is 0 Å². The number of hydrogen-bond acceptors (Lipinski definition) is 7. The van der Waals surface area contributed by atoms with E-state index in [1.54, 1.807) is 0 Å². The van der Waals surface area contributed by atoms with E-state index >= 15 is 0 Å². The van der Waals surface area contributed by atoms with E-state index in [-0.39, 0.29) is 11.3 Å². The first-order chi connectivity index (χ1) is 9.51. The zero-order valence-electron chi connectivity index (χ0n) is 9.91. The van der Waals surface area contributed by atoms with E-state index in [0.717, 1.165) is 12.1 Å². The highest BCUT2D eigenvalue weighted by molar-refractivity contribution is 6.28. The van der Waals surface area contributed by atoms with Gasteiger partial charge in [0, 0.05) is 6.07 Å². The topological polar surface area (TPSA) is 100 Å². The van der Waals surface area contributed by atoms with Crippen molar-refractivity contribution in [2.45, 2.75) is 0 Å². The van der Waals surface area contributed by atoms with E-state index in [4.69, 9.17) is 21.1 Å². The van der Waals surface area contributed by atoms with Gasteiger partial charge in [-0.1, -0.05) is 6.07 Å². The summed E-state index contributed by atoms with van der Waals surface area (Å²) < 4.78 is 23.3. The predicted molar refractivity (Wildman–Crippen MR) is 64.5 cm³/mol. The Morgan fingerprint density at radius 3 is 2.65 bits per heavy atom. The molecule has 0 aliphatic rings. The van der Waals surface area contributed by atoms with Gasteiger partial charge in [-0.2, -0.15) is 9.97 Å². The van der Waals surface area contributed by atoms with Crippen LogP contribution in [0.15, 0.2) is 18.2 Å². The van der Waals surface area contributed by atoms with Gasteiger partial charge in [0.25, 0.3) is 0 Å². The average Bonchev–Trinajstić information content (AvgIpc) is 2.40. The van der Waals surface area contributed by atoms with Gasteiger partial charge in [-0.15, -0.1) is 4.98 Å². The number of para-hydroxylation sites is 1. The summed E-state index contributed by atoms with van der Waals surface area (Å²) in [4.78, 5) is 20.8. The van der Waals surface area contributed by atoms with Gasteiger partial charge in [0.1, 0.15) is 0 Å². The number of benzene rings is 1. The zero-order chi connectivity index (χ0) is 14.7. The van der Waals surface area contributed by atoms with Crippen LogP contribution in [0, 0.1) is 15.9 Å². The van der Waals surface area contributed by atoms with E-state index in [1.165, 1.54) is 13.2 Å². The molecule has 0 saturated heterocycles. The first-order valence-electron chi connectivity index (χ1n) is 5.07. The minimum Gasteiger partial charge on any atom is -0.467 e. The first-order valence-corrected chi connectivity index (χ1v) is 5.45. The summed E-state index contributed by atoms with van der Waals surface area (Å²) >= 11 is 5.59. The van der Waals surface area contributed by atoms with Crippen molar-refractivity contribution < 1.29 is 18.8 Å². The maximum Gasteiger partial charge on any atom is 0.329 e. The summed E-state index contributed by atoms with van der Waals surface area (Å²) in [5.74, 6) is -1.56. The average molecular weight is 301 g/mol. The van der Waals surface area contributed by atoms with Crippen molar-refractivity contribution in [2.24, 2.45) is 0 Å². The monoisotopic (exact) mass is 300 g/mol. The third-order valence-corrected chi connectivity index (χ3v) is 2.25. The molecule has 0 spiro atoms. The number of rotatable bonds is 4. The summed E-state index contributed by atoms with van der Waals surface area (Å²) in [6.07, 6.45) is 0. The molecule has 0 saturated carbocycles. The number of nitrogens with zero attached hydrogens (tertiary/aromatic N) is 4. The molecule has 10 heteroatoms. The fourth-order valence-electron chi connectivity index (χ4n) is 1.29. The molecule has 0 aliphatic carbocycles. The highest BCUT2D eigenvalue weighted by Crippen LogP contribution is 2.32. The van der Waals surface area contributed by atoms with Crippen LogP contribution in [0.5, 0.6) is 17.8 Å². The van der Waals surface area contributed by atoms with E-state index in [0.29, 0.717) is 0 Å². The molecule has 1 heterocycles. The molecule has 1 aromatic carbocycles. The normalized spacial score (nSPS) is 10.2. The molecule has 0 N–H and O–H groups in total. The van der Waals surface area contributed by atoms with E-state index in [9.17, 15) is 14.5 Å². The van der Waals surface area contributed by atoms with Crippen molar-refractivity contribution in [1.82, 2.24) is 15.0 Å². The van der Waals surface area contributed by atoms with Gasteiger partial charge in [-0.25, -0.2) is 4.39 Å². The molecule has 0 radical (unpaired) electrons. The highest BCUT2D eigenvalue weighted by atomic mass is 35.5. The molecule has 0 amide bonds. The molecule has 0 atom stereocenters. The van der Waals surface area contributed by atoms with Crippen LogP contribution in [0.1, 0.15) is 0 Å². The summed E-state index contributed by atoms with van der Waals surface area (Å²) in [7, 11) is 1.28. The number of nitro benzene ring substituents is 1. The SMILES string of the molecule is COc1nc(Cl)nc(Oc2c(F)cccc2[N+](=O)[O-])n1. The van der Waals surface area contributed by atoms with E-state index in [2.05, 4.69) is 15.0 Å². The Bertz CT molecular complexity index is 670. The second kappa shape index (κ2) is 5.61. The largest absolute Gasteiger partial charge is 0.467 e. The van der Waals surface area contributed by atoms with E-state index < -0.39 is 28.2 Å². The van der Waals surface area contributed by atoms with Gasteiger partial charge in [0.05, 0.1) is 12.0 Å². The predicted octanol–water partition coefficient (Wildman–Crippen LogP) is 2.37. The molecule has 0 bridgehead atoms. The summed E-state index contributed by atoms with van der Waals surface area (Å²) in [5.41, 5.74) is -0.569. The maximum absolute atomic E-state index is 13.6. The maximum atomic E-state index is 13.6. The summed E-state index contributed by atoms with van der Waals surface area (Å²) in [6, 6.07) is 2.68. The molecule has 8 nitrogen and oxygen atoms in total. The smallest absolute Gasteiger partial charge is 0.329 e. The van der Waals surface area contributed by atoms with Crippen LogP contribution in [-0.2, 0) is 0 Å². The van der Waals surface area contributed by atoms with Gasteiger partial charge in [-0.3, -0.25) is 10.1 Å². The Morgan fingerprint density at radius 2 is 2.00 bits per heavy atom. The van der Waals surface area contributed by atoms with Crippen molar-refractivity contribution in [1.29, 1.82) is 0 Å². The molecule has 1 aromatic heterocycles. The lowest BCUT2D eigenvalue weighted by Crippen LogP contribution is -2.01. The molecular weight excluding hydrogens is 295 g/mol. The van der Waals surface area contributed by atoms with Crippen LogP contribution in [0.3, 0.4) is 0 Å². The lowest BCUT2D eigenvalue weighted by atomic mass is 10.3. The quantitative estimate of drug-likeness (QED) is 0.631. The van der Waals surface area contributed by atoms with Crippen molar-refractivity contribution >= 4 is 17.3 Å². The fourth-order valence-corrected chi connectivity index (χ4v) is 1.43. The van der Waals surface area contributed by atoms with Crippen LogP contribution >= 0.6 is 11.6 Å². The molecule has 0 fully saturated rings. The van der Waals surface area contributed by atoms with Crippen molar-refractivity contribution in [3.05, 3.63) is 39.4 Å². The van der Waals surface area contributed by atoms with Crippen molar-refractivity contribution in [3.8, 4) is 17.8 Å². The Labute approximate surface area is 116 Å². The Hall–Kier alpha value is -2.55. The lowest BCUT2D eigenvalue weighted by Gasteiger charge is -2.06. The third kappa shape index (κ3) is 2.88. The molecule has 0 aliphatic heterocycles. The fraction of sp³-hybridized carbons (Fsp3) is 0.100. The molecule has 2 aromatic rings. The van der Waals surface area contributed by atoms with Crippen LogP contribution < -0.4 is 9.47 Å². The van der Waals surface area contributed by atoms with Gasteiger partial charge < -0.3 is 9.47 Å². The molecule has 0 unspecified atom stereocenters. The molecule has 104 valence electrons. The number of halogens is 2. The summed E-state index contributed by atoms with van der Waals surface area (Å²) in [5, 5.41) is 10.6. The van der Waals surface area contributed by atoms with Crippen LogP contribution in [0.2, 0.25) is 5.28 Å². The standard InChI is InChI=1S/C10H6ClFN4O4/c1-19-9-13-8(11)14-10(15-9)20-7-5(12)3-2-4-6(7)16(17)18/h2-4H,1H3. The lowest BCUT2D eigenvalue weighted by molar-refractivity contribution is -0.385. The Kier molecular flexibility index (Phi) is 3.89. The Balaban J connectivity index is 2.44. The van der Waals surface area contributed by atoms with Gasteiger partial charge in [-0.05, 0) is 17.7 Å². The highest BCUT2D eigenvalue weighted by Gasteiger charge is 2.21. The van der Waals surface area contributed by atoms with Gasteiger partial charge in [0.2, 0.25) is 11.0 Å². The van der Waals surface area contributed by atoms with Gasteiger partial charge in [0.15, 0.2) is 5.82 Å². The number of aromatic nitrogens is 3. The van der Waals surface area contributed by atoms with Crippen molar-refractivity contribution in [3.63, 3.8) is 0 Å². The van der Waals surface area contributed by atoms with Crippen LogP contribution in [0.4, 0.5) is 10.1 Å². The number of methoxy groups -OCH3 is 1. The molecule has 2 rings (SSSR count). The third-order valence-electron chi connectivity index (χ3n) is 2.09. The molecular formula is C10H6ClFN4O4. The Morgan fingerprint density at radius 1 is 1.30 bits per heavy atom. The zero-order valence-corrected chi connectivity index (χ0v) is 10.7. The van der Waals surface area contributed by atoms with Crippen molar-refractivity contribution in [2.75, 3.05) is 7.11 Å². The van der Waals surface area contributed by atoms with Crippen LogP contribution in [-0.4, -0.2) is 27.0 Å². The number of nitro groups is 1. The second-order valence-corrected chi connectivity index (χ2v) is 3.66. The minimum atomic E-state index is -0.935. The first kappa shape index (κ1) is 13.9. The minimum absolute atomic E-state index is 0.168. The molecule has 20 heavy (non-hydrogen) atoms. The second-order valence-electron chi connectivity index (χ2n) is 3.32. The van der Waals surface area contributed by atoms with Crippen LogP contribution in [0.25, 0.3) is 0 Å². The summed E-state index contributed by atoms with van der Waals surface area (Å²) in [6.45, 7) is 0. The number of hydrogen-bond donors (Lipinski definition) is 0.